The topological polar surface area (TPSA) is 169 Å². The van der Waals surface area contributed by atoms with E-state index in [1.54, 1.807) is 59.7 Å². The second kappa shape index (κ2) is 13.7. The summed E-state index contributed by atoms with van der Waals surface area (Å²) >= 11 is 0.910. The Kier molecular flexibility index (Phi) is 11.2. The quantitative estimate of drug-likeness (QED) is 0.226. The number of thiophene rings is 1. The Labute approximate surface area is 238 Å². The maximum absolute atomic E-state index is 12.8. The van der Waals surface area contributed by atoms with Crippen molar-refractivity contribution in [1.29, 1.82) is 0 Å². The molecule has 2 aromatic rings. The number of amides is 3. The molecule has 0 aliphatic carbocycles. The first kappa shape index (κ1) is 32.7. The van der Waals surface area contributed by atoms with Gasteiger partial charge in [-0.25, -0.2) is 13.2 Å². The predicted molar refractivity (Wildman–Crippen MR) is 150 cm³/mol. The van der Waals surface area contributed by atoms with E-state index in [0.29, 0.717) is 0 Å². The van der Waals surface area contributed by atoms with E-state index in [9.17, 15) is 27.6 Å². The Morgan fingerprint density at radius 3 is 1.85 bits per heavy atom. The minimum atomic E-state index is -4.09. The highest BCUT2D eigenvalue weighted by Crippen LogP contribution is 2.17. The number of hydrogen-bond donors (Lipinski definition) is 4. The summed E-state index contributed by atoms with van der Waals surface area (Å²) in [4.78, 5) is 50.0. The van der Waals surface area contributed by atoms with Gasteiger partial charge in [0, 0.05) is 19.6 Å². The molecule has 0 aliphatic heterocycles. The van der Waals surface area contributed by atoms with Crippen LogP contribution in [0, 0.1) is 0 Å². The molecule has 0 radical (unpaired) electrons. The third kappa shape index (κ3) is 11.3. The molecular formula is C26H36N4O8S2. The van der Waals surface area contributed by atoms with Crippen LogP contribution >= 0.6 is 11.3 Å². The van der Waals surface area contributed by atoms with Gasteiger partial charge >= 0.3 is 12.1 Å². The normalized spacial score (nSPS) is 12.7. The fourth-order valence-electron chi connectivity index (χ4n) is 3.01. The van der Waals surface area contributed by atoms with E-state index in [1.165, 1.54) is 24.3 Å². The van der Waals surface area contributed by atoms with Gasteiger partial charge in [0.05, 0.1) is 14.6 Å². The molecule has 0 saturated carbocycles. The van der Waals surface area contributed by atoms with Gasteiger partial charge in [0.1, 0.15) is 17.2 Å². The van der Waals surface area contributed by atoms with Gasteiger partial charge in [-0.3, -0.25) is 14.4 Å². The Bertz CT molecular complexity index is 1300. The lowest BCUT2D eigenvalue weighted by molar-refractivity contribution is -0.156. The smallest absolute Gasteiger partial charge is 0.407 e. The molecule has 4 N–H and O–H groups in total. The number of nitrogens with one attached hydrogen (secondary N) is 4. The van der Waals surface area contributed by atoms with Gasteiger partial charge in [-0.2, -0.15) is 4.72 Å². The molecule has 12 nitrogen and oxygen atoms in total. The number of benzene rings is 1. The third-order valence-electron chi connectivity index (χ3n) is 4.64. The molecule has 220 valence electrons. The van der Waals surface area contributed by atoms with Crippen molar-refractivity contribution in [2.75, 3.05) is 19.6 Å². The minimum absolute atomic E-state index is 0.0508. The maximum atomic E-state index is 12.8. The van der Waals surface area contributed by atoms with Gasteiger partial charge in [0.15, 0.2) is 0 Å². The first-order valence-corrected chi connectivity index (χ1v) is 14.7. The molecule has 0 saturated heterocycles. The van der Waals surface area contributed by atoms with Crippen LogP contribution in [0.1, 0.15) is 60.9 Å². The molecule has 3 amide bonds. The Balaban J connectivity index is 1.98. The predicted octanol–water partition coefficient (Wildman–Crippen LogP) is 2.42. The zero-order valence-electron chi connectivity index (χ0n) is 23.3. The van der Waals surface area contributed by atoms with Crippen LogP contribution in [0.2, 0.25) is 0 Å². The van der Waals surface area contributed by atoms with Crippen LogP contribution in [0.3, 0.4) is 0 Å². The van der Waals surface area contributed by atoms with E-state index in [1.807, 2.05) is 0 Å². The van der Waals surface area contributed by atoms with Crippen molar-refractivity contribution in [3.63, 3.8) is 0 Å². The van der Waals surface area contributed by atoms with Crippen molar-refractivity contribution in [3.8, 4) is 0 Å². The summed E-state index contributed by atoms with van der Waals surface area (Å²) in [7, 11) is -4.09. The van der Waals surface area contributed by atoms with Crippen molar-refractivity contribution >= 4 is 45.2 Å². The second-order valence-corrected chi connectivity index (χ2v) is 13.4. The third-order valence-corrected chi connectivity index (χ3v) is 7.21. The molecule has 40 heavy (non-hydrogen) atoms. The van der Waals surface area contributed by atoms with Crippen LogP contribution < -0.4 is 20.7 Å². The zero-order valence-corrected chi connectivity index (χ0v) is 25.0. The summed E-state index contributed by atoms with van der Waals surface area (Å²) in [6, 6.07) is 8.97. The van der Waals surface area contributed by atoms with Gasteiger partial charge in [-0.05, 0) is 65.8 Å². The number of ether oxygens (including phenoxy) is 2. The highest BCUT2D eigenvalue weighted by atomic mass is 32.2. The summed E-state index contributed by atoms with van der Waals surface area (Å²) in [6.07, 6.45) is -0.604. The zero-order chi connectivity index (χ0) is 30.1. The molecule has 0 aliphatic rings. The van der Waals surface area contributed by atoms with Crippen LogP contribution in [0.5, 0.6) is 0 Å². The molecule has 0 unspecified atom stereocenters. The van der Waals surface area contributed by atoms with Gasteiger partial charge in [0.25, 0.3) is 11.8 Å². The first-order chi connectivity index (χ1) is 18.5. The maximum Gasteiger partial charge on any atom is 0.407 e. The molecule has 1 heterocycles. The van der Waals surface area contributed by atoms with Crippen LogP contribution in [0.15, 0.2) is 47.4 Å². The lowest BCUT2D eigenvalue weighted by atomic mass is 10.2. The van der Waals surface area contributed by atoms with Gasteiger partial charge in [-0.1, -0.05) is 18.2 Å². The molecule has 1 atom stereocenters. The summed E-state index contributed by atoms with van der Waals surface area (Å²) in [6.45, 7) is 10.0. The fourth-order valence-corrected chi connectivity index (χ4v) is 5.05. The monoisotopic (exact) mass is 596 g/mol. The minimum Gasteiger partial charge on any atom is -0.459 e. The molecule has 0 fully saturated rings. The number of hydrogen-bond acceptors (Lipinski definition) is 9. The average molecular weight is 597 g/mol. The largest absolute Gasteiger partial charge is 0.459 e. The lowest BCUT2D eigenvalue weighted by Gasteiger charge is -2.24. The Morgan fingerprint density at radius 2 is 1.30 bits per heavy atom. The van der Waals surface area contributed by atoms with E-state index >= 15 is 0 Å². The number of carbonyl (C=O) groups is 4. The van der Waals surface area contributed by atoms with Crippen LogP contribution in [-0.2, 0) is 24.3 Å². The summed E-state index contributed by atoms with van der Waals surface area (Å²) in [5.74, 6) is -1.92. The summed E-state index contributed by atoms with van der Waals surface area (Å²) < 4.78 is 38.4. The van der Waals surface area contributed by atoms with Crippen molar-refractivity contribution in [1.82, 2.24) is 20.7 Å². The van der Waals surface area contributed by atoms with Crippen molar-refractivity contribution in [3.05, 3.63) is 52.2 Å². The number of carbonyl (C=O) groups excluding carboxylic acids is 4. The number of esters is 1. The SMILES string of the molecule is CC(C)(C)OC(=O)NCCNC(=O)c1ccc(C(=O)NC[C@H](NS(=O)(=O)c2ccccc2)C(=O)OC(C)(C)C)s1. The van der Waals surface area contributed by atoms with Crippen LogP contribution in [0.4, 0.5) is 4.79 Å². The summed E-state index contributed by atoms with van der Waals surface area (Å²) in [5.41, 5.74) is -1.53. The second-order valence-electron chi connectivity index (χ2n) is 10.6. The van der Waals surface area contributed by atoms with Crippen molar-refractivity contribution in [2.24, 2.45) is 0 Å². The van der Waals surface area contributed by atoms with E-state index in [4.69, 9.17) is 9.47 Å². The van der Waals surface area contributed by atoms with Crippen LogP contribution in [-0.4, -0.2) is 69.2 Å². The molecule has 1 aromatic heterocycles. The molecule has 1 aromatic carbocycles. The van der Waals surface area contributed by atoms with E-state index < -0.39 is 57.7 Å². The van der Waals surface area contributed by atoms with Gasteiger partial charge in [0.2, 0.25) is 10.0 Å². The lowest BCUT2D eigenvalue weighted by Crippen LogP contribution is -2.50. The number of sulfonamides is 1. The van der Waals surface area contributed by atoms with Crippen LogP contribution in [0.25, 0.3) is 0 Å². The van der Waals surface area contributed by atoms with Crippen molar-refractivity contribution < 1.29 is 37.1 Å². The fraction of sp³-hybridized carbons (Fsp3) is 0.462. The average Bonchev–Trinajstić information content (AvgIpc) is 3.33. The standard InChI is InChI=1S/C26H36N4O8S2/c1-25(2,3)37-23(33)18(30-40(35,36)17-10-8-7-9-11-17)16-29-22(32)20-13-12-19(39-20)21(31)27-14-15-28-24(34)38-26(4,5)6/h7-13,18,30H,14-16H2,1-6H3,(H,27,31)(H,28,34)(H,29,32)/t18-/m0/s1. The molecule has 0 bridgehead atoms. The van der Waals surface area contributed by atoms with Gasteiger partial charge < -0.3 is 25.4 Å². The van der Waals surface area contributed by atoms with Gasteiger partial charge in [-0.15, -0.1) is 11.3 Å². The van der Waals surface area contributed by atoms with Crippen molar-refractivity contribution in [2.45, 2.75) is 63.7 Å². The molecular weight excluding hydrogens is 560 g/mol. The number of rotatable bonds is 11. The Hall–Kier alpha value is -3.49. The van der Waals surface area contributed by atoms with E-state index in [0.717, 1.165) is 11.3 Å². The molecule has 0 spiro atoms. The van der Waals surface area contributed by atoms with E-state index in [-0.39, 0.29) is 27.7 Å². The highest BCUT2D eigenvalue weighted by molar-refractivity contribution is 7.89. The Morgan fingerprint density at radius 1 is 0.775 bits per heavy atom. The molecule has 14 heteroatoms. The highest BCUT2D eigenvalue weighted by Gasteiger charge is 2.30. The molecule has 2 rings (SSSR count). The first-order valence-electron chi connectivity index (χ1n) is 12.4. The number of alkyl carbamates (subject to hydrolysis) is 1. The van der Waals surface area contributed by atoms with E-state index in [2.05, 4.69) is 20.7 Å². The summed E-state index contributed by atoms with van der Waals surface area (Å²) in [5, 5.41) is 7.68.